The van der Waals surface area contributed by atoms with Gasteiger partial charge in [-0.25, -0.2) is 4.98 Å². The monoisotopic (exact) mass is 246 g/mol. The quantitative estimate of drug-likeness (QED) is 0.813. The van der Waals surface area contributed by atoms with Crippen molar-refractivity contribution in [1.82, 2.24) is 9.55 Å². The molecule has 0 saturated carbocycles. The fourth-order valence-corrected chi connectivity index (χ4v) is 1.57. The van der Waals surface area contributed by atoms with Gasteiger partial charge in [0.25, 0.3) is 0 Å². The van der Waals surface area contributed by atoms with Gasteiger partial charge in [0, 0.05) is 12.2 Å². The maximum Gasteiger partial charge on any atom is 0.132 e. The second-order valence-electron chi connectivity index (χ2n) is 4.37. The molecule has 0 aliphatic carbocycles. The lowest BCUT2D eigenvalue weighted by molar-refractivity contribution is 0.301. The zero-order chi connectivity index (χ0) is 13.0. The molecular formula is C14H18N2O2. The molecule has 0 aliphatic rings. The van der Waals surface area contributed by atoms with Crippen molar-refractivity contribution in [2.24, 2.45) is 0 Å². The summed E-state index contributed by atoms with van der Waals surface area (Å²) in [6.07, 6.45) is 3.84. The molecule has 1 aromatic heterocycles. The van der Waals surface area contributed by atoms with Gasteiger partial charge in [-0.05, 0) is 38.1 Å². The van der Waals surface area contributed by atoms with Gasteiger partial charge in [0.1, 0.15) is 18.1 Å². The van der Waals surface area contributed by atoms with Crippen LogP contribution in [0.5, 0.6) is 11.5 Å². The Morgan fingerprint density at radius 2 is 1.83 bits per heavy atom. The van der Waals surface area contributed by atoms with Crippen LogP contribution in [0.4, 0.5) is 0 Å². The highest BCUT2D eigenvalue weighted by Crippen LogP contribution is 2.18. The number of benzene rings is 1. The van der Waals surface area contributed by atoms with E-state index < -0.39 is 0 Å². The number of rotatable bonds is 5. The van der Waals surface area contributed by atoms with Crippen LogP contribution in [-0.2, 0) is 6.61 Å². The van der Waals surface area contributed by atoms with Crippen LogP contribution in [0.3, 0.4) is 0 Å². The molecule has 0 fully saturated rings. The molecule has 2 rings (SSSR count). The summed E-state index contributed by atoms with van der Waals surface area (Å²) in [6, 6.07) is 7.95. The van der Waals surface area contributed by atoms with Gasteiger partial charge in [0.2, 0.25) is 0 Å². The molecule has 0 radical (unpaired) electrons. The van der Waals surface area contributed by atoms with Gasteiger partial charge < -0.3 is 14.0 Å². The Morgan fingerprint density at radius 3 is 2.39 bits per heavy atom. The molecule has 0 amide bonds. The Morgan fingerprint density at radius 1 is 1.17 bits per heavy atom. The molecule has 4 nitrogen and oxygen atoms in total. The third-order valence-electron chi connectivity index (χ3n) is 2.70. The average molecular weight is 246 g/mol. The zero-order valence-corrected chi connectivity index (χ0v) is 11.0. The predicted octanol–water partition coefficient (Wildman–Crippen LogP) is 3.05. The van der Waals surface area contributed by atoms with Crippen molar-refractivity contribution in [2.45, 2.75) is 26.5 Å². The Balaban J connectivity index is 1.93. The minimum atomic E-state index is 0.423. The molecule has 0 N–H and O–H groups in total. The van der Waals surface area contributed by atoms with Crippen LogP contribution in [0.2, 0.25) is 0 Å². The Kier molecular flexibility index (Phi) is 3.87. The van der Waals surface area contributed by atoms with Crippen molar-refractivity contribution in [3.8, 4) is 11.5 Å². The molecule has 0 aliphatic heterocycles. The minimum Gasteiger partial charge on any atom is -0.497 e. The number of methoxy groups -OCH3 is 1. The second-order valence-corrected chi connectivity index (χ2v) is 4.37. The van der Waals surface area contributed by atoms with Crippen molar-refractivity contribution in [3.05, 3.63) is 42.5 Å². The maximum absolute atomic E-state index is 5.65. The molecule has 1 heterocycles. The van der Waals surface area contributed by atoms with Gasteiger partial charge in [-0.1, -0.05) is 0 Å². The zero-order valence-electron chi connectivity index (χ0n) is 11.0. The number of ether oxygens (including phenoxy) is 2. The highest BCUT2D eigenvalue weighted by molar-refractivity contribution is 5.31. The van der Waals surface area contributed by atoms with Crippen LogP contribution in [-0.4, -0.2) is 16.7 Å². The van der Waals surface area contributed by atoms with E-state index >= 15 is 0 Å². The number of nitrogens with zero attached hydrogens (tertiary/aromatic N) is 2. The molecule has 0 saturated heterocycles. The van der Waals surface area contributed by atoms with Crippen LogP contribution in [0.15, 0.2) is 36.8 Å². The van der Waals surface area contributed by atoms with Crippen LogP contribution < -0.4 is 9.47 Å². The van der Waals surface area contributed by atoms with Gasteiger partial charge >= 0.3 is 0 Å². The largest absolute Gasteiger partial charge is 0.497 e. The van der Waals surface area contributed by atoms with E-state index in [1.807, 2.05) is 36.8 Å². The molecule has 0 atom stereocenters. The third-order valence-corrected chi connectivity index (χ3v) is 2.70. The van der Waals surface area contributed by atoms with E-state index in [9.17, 15) is 0 Å². The normalized spacial score (nSPS) is 10.7. The van der Waals surface area contributed by atoms with E-state index in [0.717, 1.165) is 17.2 Å². The van der Waals surface area contributed by atoms with Crippen molar-refractivity contribution in [2.75, 3.05) is 7.11 Å². The fraction of sp³-hybridized carbons (Fsp3) is 0.357. The van der Waals surface area contributed by atoms with Crippen molar-refractivity contribution in [3.63, 3.8) is 0 Å². The summed E-state index contributed by atoms with van der Waals surface area (Å²) in [4.78, 5) is 4.30. The molecule has 96 valence electrons. The van der Waals surface area contributed by atoms with Gasteiger partial charge in [-0.15, -0.1) is 0 Å². The molecule has 0 unspecified atom stereocenters. The maximum atomic E-state index is 5.65. The van der Waals surface area contributed by atoms with Crippen molar-refractivity contribution < 1.29 is 9.47 Å². The Hall–Kier alpha value is -1.97. The highest BCUT2D eigenvalue weighted by atomic mass is 16.5. The molecular weight excluding hydrogens is 228 g/mol. The standard InChI is InChI=1S/C14H18N2O2/c1-11(2)16-8-12(15-10-16)9-18-14-6-4-13(17-3)5-7-14/h4-8,10-11H,9H2,1-3H3. The van der Waals surface area contributed by atoms with E-state index in [2.05, 4.69) is 23.4 Å². The van der Waals surface area contributed by atoms with E-state index in [1.165, 1.54) is 0 Å². The number of hydrogen-bond donors (Lipinski definition) is 0. The number of aromatic nitrogens is 2. The second kappa shape index (κ2) is 5.58. The first-order chi connectivity index (χ1) is 8.69. The molecule has 0 bridgehead atoms. The van der Waals surface area contributed by atoms with Gasteiger partial charge in [-0.3, -0.25) is 0 Å². The highest BCUT2D eigenvalue weighted by Gasteiger charge is 2.02. The lowest BCUT2D eigenvalue weighted by Gasteiger charge is -2.06. The van der Waals surface area contributed by atoms with Crippen molar-refractivity contribution in [1.29, 1.82) is 0 Å². The first kappa shape index (κ1) is 12.5. The summed E-state index contributed by atoms with van der Waals surface area (Å²) in [6.45, 7) is 4.72. The first-order valence-corrected chi connectivity index (χ1v) is 5.98. The smallest absolute Gasteiger partial charge is 0.132 e. The predicted molar refractivity (Wildman–Crippen MR) is 69.9 cm³/mol. The number of imidazole rings is 1. The molecule has 18 heavy (non-hydrogen) atoms. The van der Waals surface area contributed by atoms with Gasteiger partial charge in [0.15, 0.2) is 0 Å². The van der Waals surface area contributed by atoms with Crippen LogP contribution in [0, 0.1) is 0 Å². The van der Waals surface area contributed by atoms with Crippen LogP contribution in [0.25, 0.3) is 0 Å². The van der Waals surface area contributed by atoms with Gasteiger partial charge in [-0.2, -0.15) is 0 Å². The average Bonchev–Trinajstić information content (AvgIpc) is 2.86. The Bertz CT molecular complexity index is 489. The molecule has 0 spiro atoms. The van der Waals surface area contributed by atoms with Gasteiger partial charge in [0.05, 0.1) is 19.1 Å². The summed E-state index contributed by atoms with van der Waals surface area (Å²) >= 11 is 0. The minimum absolute atomic E-state index is 0.423. The van der Waals surface area contributed by atoms with E-state index in [0.29, 0.717) is 12.6 Å². The molecule has 2 aromatic rings. The molecule has 4 heteroatoms. The lowest BCUT2D eigenvalue weighted by atomic mass is 10.3. The first-order valence-electron chi connectivity index (χ1n) is 5.98. The lowest BCUT2D eigenvalue weighted by Crippen LogP contribution is -1.97. The Labute approximate surface area is 107 Å². The SMILES string of the molecule is COc1ccc(OCc2cn(C(C)C)cn2)cc1. The summed E-state index contributed by atoms with van der Waals surface area (Å²) in [5.41, 5.74) is 0.930. The summed E-state index contributed by atoms with van der Waals surface area (Å²) in [5.74, 6) is 1.64. The topological polar surface area (TPSA) is 36.3 Å². The van der Waals surface area contributed by atoms with Crippen LogP contribution in [0.1, 0.15) is 25.6 Å². The van der Waals surface area contributed by atoms with E-state index in [1.54, 1.807) is 7.11 Å². The van der Waals surface area contributed by atoms with Crippen molar-refractivity contribution >= 4 is 0 Å². The molecule has 1 aromatic carbocycles. The number of hydrogen-bond acceptors (Lipinski definition) is 3. The summed E-state index contributed by atoms with van der Waals surface area (Å²) in [5, 5.41) is 0. The third kappa shape index (κ3) is 3.03. The fourth-order valence-electron chi connectivity index (χ4n) is 1.57. The van der Waals surface area contributed by atoms with E-state index in [4.69, 9.17) is 9.47 Å². The summed E-state index contributed by atoms with van der Waals surface area (Å²) in [7, 11) is 1.65. The van der Waals surface area contributed by atoms with Crippen LogP contribution >= 0.6 is 0 Å². The summed E-state index contributed by atoms with van der Waals surface area (Å²) < 4.78 is 12.8. The van der Waals surface area contributed by atoms with E-state index in [-0.39, 0.29) is 0 Å².